The van der Waals surface area contributed by atoms with Crippen LogP contribution in [0.3, 0.4) is 0 Å². The van der Waals surface area contributed by atoms with Crippen molar-refractivity contribution in [3.8, 4) is 11.5 Å². The Balaban J connectivity index is 2.09. The second-order valence-electron chi connectivity index (χ2n) is 4.93. The van der Waals surface area contributed by atoms with Crippen molar-refractivity contribution in [2.75, 3.05) is 12.1 Å². The monoisotopic (exact) mass is 293 g/mol. The van der Waals surface area contributed by atoms with Crippen LogP contribution in [-0.2, 0) is 4.79 Å². The van der Waals surface area contributed by atoms with Crippen LogP contribution in [-0.4, -0.2) is 24.8 Å². The van der Waals surface area contributed by atoms with E-state index in [4.69, 9.17) is 15.2 Å². The van der Waals surface area contributed by atoms with E-state index in [1.807, 2.05) is 13.8 Å². The van der Waals surface area contributed by atoms with Gasteiger partial charge in [-0.2, -0.15) is 0 Å². The first-order chi connectivity index (χ1) is 10.0. The average molecular weight is 293 g/mol. The zero-order valence-corrected chi connectivity index (χ0v) is 12.0. The van der Waals surface area contributed by atoms with Crippen molar-refractivity contribution in [2.24, 2.45) is 11.7 Å². The molecule has 1 aromatic rings. The normalized spacial score (nSPS) is 15.1. The van der Waals surface area contributed by atoms with E-state index in [-0.39, 0.29) is 18.6 Å². The van der Waals surface area contributed by atoms with Crippen LogP contribution in [0.25, 0.3) is 0 Å². The first-order valence-corrected chi connectivity index (χ1v) is 6.77. The SMILES string of the molecule is CC[C@H](C)[C@@H](NC(N)=O)C(=O)Nc1ccc2c(c1)OCO2. The summed E-state index contributed by atoms with van der Waals surface area (Å²) in [7, 11) is 0. The molecule has 7 nitrogen and oxygen atoms in total. The highest BCUT2D eigenvalue weighted by Gasteiger charge is 2.25. The summed E-state index contributed by atoms with van der Waals surface area (Å²) in [5, 5.41) is 5.22. The standard InChI is InChI=1S/C14H19N3O4/c1-3-8(2)12(17-14(15)19)13(18)16-9-4-5-10-11(6-9)21-7-20-10/h4-6,8,12H,3,7H2,1-2H3,(H,16,18)(H3,15,17,19)/t8-,12+/m0/s1. The minimum Gasteiger partial charge on any atom is -0.454 e. The summed E-state index contributed by atoms with van der Waals surface area (Å²) in [4.78, 5) is 23.3. The zero-order valence-electron chi connectivity index (χ0n) is 12.0. The third-order valence-corrected chi connectivity index (χ3v) is 3.43. The van der Waals surface area contributed by atoms with Crippen molar-refractivity contribution < 1.29 is 19.1 Å². The molecule has 0 bridgehead atoms. The summed E-state index contributed by atoms with van der Waals surface area (Å²) in [5.74, 6) is 0.867. The van der Waals surface area contributed by atoms with E-state index in [1.54, 1.807) is 18.2 Å². The molecule has 21 heavy (non-hydrogen) atoms. The van der Waals surface area contributed by atoms with Crippen LogP contribution >= 0.6 is 0 Å². The third kappa shape index (κ3) is 3.56. The maximum Gasteiger partial charge on any atom is 0.312 e. The highest BCUT2D eigenvalue weighted by Crippen LogP contribution is 2.34. The molecular formula is C14H19N3O4. The predicted molar refractivity (Wildman–Crippen MR) is 77.2 cm³/mol. The lowest BCUT2D eigenvalue weighted by Gasteiger charge is -2.22. The van der Waals surface area contributed by atoms with Crippen LogP contribution in [0.5, 0.6) is 11.5 Å². The third-order valence-electron chi connectivity index (χ3n) is 3.43. The number of hydrogen-bond acceptors (Lipinski definition) is 4. The number of hydrogen-bond donors (Lipinski definition) is 3. The van der Waals surface area contributed by atoms with Crippen LogP contribution in [0, 0.1) is 5.92 Å². The molecule has 2 atom stereocenters. The number of rotatable bonds is 5. The molecule has 1 heterocycles. The van der Waals surface area contributed by atoms with Gasteiger partial charge in [-0.15, -0.1) is 0 Å². The molecule has 114 valence electrons. The van der Waals surface area contributed by atoms with E-state index in [0.717, 1.165) is 6.42 Å². The molecule has 1 aromatic carbocycles. The molecular weight excluding hydrogens is 274 g/mol. The lowest BCUT2D eigenvalue weighted by Crippen LogP contribution is -2.49. The van der Waals surface area contributed by atoms with Gasteiger partial charge in [0, 0.05) is 11.8 Å². The molecule has 4 N–H and O–H groups in total. The Kier molecular flexibility index (Phi) is 4.52. The Bertz CT molecular complexity index is 547. The summed E-state index contributed by atoms with van der Waals surface area (Å²) < 4.78 is 10.5. The van der Waals surface area contributed by atoms with Gasteiger partial charge in [-0.1, -0.05) is 20.3 Å². The van der Waals surface area contributed by atoms with Gasteiger partial charge in [-0.05, 0) is 18.1 Å². The average Bonchev–Trinajstić information content (AvgIpc) is 2.91. The van der Waals surface area contributed by atoms with Crippen LogP contribution in [0.4, 0.5) is 10.5 Å². The number of nitrogens with one attached hydrogen (secondary N) is 2. The van der Waals surface area contributed by atoms with Crippen molar-refractivity contribution >= 4 is 17.6 Å². The fraction of sp³-hybridized carbons (Fsp3) is 0.429. The van der Waals surface area contributed by atoms with Gasteiger partial charge in [0.2, 0.25) is 12.7 Å². The number of urea groups is 1. The predicted octanol–water partition coefficient (Wildman–Crippen LogP) is 1.44. The fourth-order valence-electron chi connectivity index (χ4n) is 2.05. The fourth-order valence-corrected chi connectivity index (χ4v) is 2.05. The van der Waals surface area contributed by atoms with Gasteiger partial charge in [0.25, 0.3) is 0 Å². The van der Waals surface area contributed by atoms with E-state index in [0.29, 0.717) is 17.2 Å². The number of fused-ring (bicyclic) bond motifs is 1. The molecule has 2 rings (SSSR count). The van der Waals surface area contributed by atoms with Crippen molar-refractivity contribution in [1.82, 2.24) is 5.32 Å². The van der Waals surface area contributed by atoms with Crippen molar-refractivity contribution in [3.63, 3.8) is 0 Å². The second kappa shape index (κ2) is 6.34. The van der Waals surface area contributed by atoms with E-state index < -0.39 is 12.1 Å². The van der Waals surface area contributed by atoms with Crippen LogP contribution in [0.2, 0.25) is 0 Å². The van der Waals surface area contributed by atoms with Gasteiger partial charge in [0.1, 0.15) is 6.04 Å². The maximum absolute atomic E-state index is 12.3. The number of benzene rings is 1. The Labute approximate surface area is 122 Å². The molecule has 0 spiro atoms. The van der Waals surface area contributed by atoms with Crippen molar-refractivity contribution in [1.29, 1.82) is 0 Å². The summed E-state index contributed by atoms with van der Waals surface area (Å²) in [5.41, 5.74) is 5.70. The number of amides is 3. The Morgan fingerprint density at radius 2 is 2.05 bits per heavy atom. The van der Waals surface area contributed by atoms with E-state index >= 15 is 0 Å². The molecule has 3 amide bonds. The largest absolute Gasteiger partial charge is 0.454 e. The van der Waals surface area contributed by atoms with Gasteiger partial charge in [-0.25, -0.2) is 4.79 Å². The number of ether oxygens (including phenoxy) is 2. The highest BCUT2D eigenvalue weighted by atomic mass is 16.7. The maximum atomic E-state index is 12.3. The number of carbonyl (C=O) groups excluding carboxylic acids is 2. The van der Waals surface area contributed by atoms with Gasteiger partial charge >= 0.3 is 6.03 Å². The molecule has 1 aliphatic heterocycles. The highest BCUT2D eigenvalue weighted by molar-refractivity contribution is 5.97. The number of primary amides is 1. The van der Waals surface area contributed by atoms with E-state index in [9.17, 15) is 9.59 Å². The molecule has 0 aliphatic carbocycles. The quantitative estimate of drug-likeness (QED) is 0.764. The second-order valence-corrected chi connectivity index (χ2v) is 4.93. The lowest BCUT2D eigenvalue weighted by atomic mass is 9.98. The Morgan fingerprint density at radius 1 is 1.33 bits per heavy atom. The van der Waals surface area contributed by atoms with Crippen LogP contribution < -0.4 is 25.8 Å². The summed E-state index contributed by atoms with van der Waals surface area (Å²) >= 11 is 0. The van der Waals surface area contributed by atoms with Gasteiger partial charge in [0.05, 0.1) is 0 Å². The summed E-state index contributed by atoms with van der Waals surface area (Å²) in [6.07, 6.45) is 0.736. The molecule has 1 aliphatic rings. The van der Waals surface area contributed by atoms with Crippen LogP contribution in [0.15, 0.2) is 18.2 Å². The summed E-state index contributed by atoms with van der Waals surface area (Å²) in [6, 6.07) is 3.71. The topological polar surface area (TPSA) is 103 Å². The zero-order chi connectivity index (χ0) is 15.4. The minimum absolute atomic E-state index is 0.0356. The number of anilines is 1. The molecule has 0 fully saturated rings. The molecule has 7 heteroatoms. The molecule has 0 saturated carbocycles. The number of carbonyl (C=O) groups is 2. The van der Waals surface area contributed by atoms with Crippen LogP contribution in [0.1, 0.15) is 20.3 Å². The van der Waals surface area contributed by atoms with E-state index in [2.05, 4.69) is 10.6 Å². The van der Waals surface area contributed by atoms with Gasteiger partial charge < -0.3 is 25.8 Å². The summed E-state index contributed by atoms with van der Waals surface area (Å²) in [6.45, 7) is 3.99. The van der Waals surface area contributed by atoms with E-state index in [1.165, 1.54) is 0 Å². The van der Waals surface area contributed by atoms with Crippen molar-refractivity contribution in [3.05, 3.63) is 18.2 Å². The molecule has 0 radical (unpaired) electrons. The van der Waals surface area contributed by atoms with Gasteiger partial charge in [-0.3, -0.25) is 4.79 Å². The Hall–Kier alpha value is -2.44. The minimum atomic E-state index is -0.721. The molecule has 0 unspecified atom stereocenters. The van der Waals surface area contributed by atoms with Gasteiger partial charge in [0.15, 0.2) is 11.5 Å². The number of nitrogens with two attached hydrogens (primary N) is 1. The molecule has 0 saturated heterocycles. The lowest BCUT2D eigenvalue weighted by molar-refractivity contribution is -0.119. The first kappa shape index (κ1) is 15.0. The Morgan fingerprint density at radius 3 is 2.71 bits per heavy atom. The first-order valence-electron chi connectivity index (χ1n) is 6.77. The smallest absolute Gasteiger partial charge is 0.312 e. The van der Waals surface area contributed by atoms with Crippen molar-refractivity contribution in [2.45, 2.75) is 26.3 Å². The molecule has 0 aromatic heterocycles.